The molecule has 0 aliphatic carbocycles. The lowest BCUT2D eigenvalue weighted by molar-refractivity contribution is 0.311. The molecule has 1 unspecified atom stereocenters. The van der Waals surface area contributed by atoms with E-state index in [1.165, 1.54) is 0 Å². The topological polar surface area (TPSA) is 12.5 Å². The minimum Gasteiger partial charge on any atom is -0.496 e. The number of ether oxygens (including phenoxy) is 1. The molecule has 0 saturated heterocycles. The summed E-state index contributed by atoms with van der Waals surface area (Å²) in [6.45, 7) is 0. The summed E-state index contributed by atoms with van der Waals surface area (Å²) in [4.78, 5) is 2.09. The number of hydrogen-bond acceptors (Lipinski definition) is 2. The highest BCUT2D eigenvalue weighted by atomic mass is 35.5. The molecule has 1 rings (SSSR count). The van der Waals surface area contributed by atoms with Crippen molar-refractivity contribution in [2.75, 3.05) is 27.1 Å². The lowest BCUT2D eigenvalue weighted by atomic mass is 10.1. The van der Waals surface area contributed by atoms with E-state index in [4.69, 9.17) is 16.3 Å². The van der Waals surface area contributed by atoms with Crippen molar-refractivity contribution in [1.82, 2.24) is 4.90 Å². The molecule has 0 heterocycles. The third-order valence-electron chi connectivity index (χ3n) is 2.27. The second-order valence-electron chi connectivity index (χ2n) is 3.38. The number of para-hydroxylation sites is 1. The van der Waals surface area contributed by atoms with Crippen molar-refractivity contribution < 1.29 is 4.74 Å². The van der Waals surface area contributed by atoms with Crippen molar-refractivity contribution in [2.24, 2.45) is 0 Å². The zero-order valence-electron chi connectivity index (χ0n) is 8.83. The number of alkyl halides is 1. The van der Waals surface area contributed by atoms with Crippen LogP contribution in [0.25, 0.3) is 0 Å². The van der Waals surface area contributed by atoms with Gasteiger partial charge in [0.05, 0.1) is 13.2 Å². The maximum absolute atomic E-state index is 5.93. The summed E-state index contributed by atoms with van der Waals surface area (Å²) in [5, 5.41) is 0. The first-order valence-electron chi connectivity index (χ1n) is 4.56. The van der Waals surface area contributed by atoms with Gasteiger partial charge in [-0.05, 0) is 20.2 Å². The molecule has 0 spiro atoms. The summed E-state index contributed by atoms with van der Waals surface area (Å²) in [5.74, 6) is 1.46. The van der Waals surface area contributed by atoms with E-state index in [-0.39, 0.29) is 6.04 Å². The molecule has 2 nitrogen and oxygen atoms in total. The van der Waals surface area contributed by atoms with Crippen molar-refractivity contribution in [3.05, 3.63) is 29.8 Å². The Kier molecular flexibility index (Phi) is 4.23. The molecule has 0 fully saturated rings. The standard InChI is InChI=1S/C11H16ClNO/c1-13(2)10(8-12)9-6-4-5-7-11(9)14-3/h4-7,10H,8H2,1-3H3. The van der Waals surface area contributed by atoms with Gasteiger partial charge in [0.15, 0.2) is 0 Å². The highest BCUT2D eigenvalue weighted by Gasteiger charge is 2.16. The van der Waals surface area contributed by atoms with Crippen molar-refractivity contribution in [3.8, 4) is 5.75 Å². The predicted octanol–water partition coefficient (Wildman–Crippen LogP) is 2.54. The van der Waals surface area contributed by atoms with Crippen molar-refractivity contribution >= 4 is 11.6 Å². The Labute approximate surface area is 90.4 Å². The molecule has 1 aromatic carbocycles. The smallest absolute Gasteiger partial charge is 0.123 e. The van der Waals surface area contributed by atoms with Crippen LogP contribution in [-0.2, 0) is 0 Å². The zero-order chi connectivity index (χ0) is 10.6. The zero-order valence-corrected chi connectivity index (χ0v) is 9.58. The van der Waals surface area contributed by atoms with E-state index < -0.39 is 0 Å². The quantitative estimate of drug-likeness (QED) is 0.713. The van der Waals surface area contributed by atoms with E-state index in [1.54, 1.807) is 7.11 Å². The molecule has 0 bridgehead atoms. The number of methoxy groups -OCH3 is 1. The van der Waals surface area contributed by atoms with Gasteiger partial charge in [0.2, 0.25) is 0 Å². The SMILES string of the molecule is COc1ccccc1C(CCl)N(C)C. The fraction of sp³-hybridized carbons (Fsp3) is 0.455. The van der Waals surface area contributed by atoms with Crippen molar-refractivity contribution in [1.29, 1.82) is 0 Å². The van der Waals surface area contributed by atoms with Crippen LogP contribution in [0.15, 0.2) is 24.3 Å². The number of benzene rings is 1. The molecule has 3 heteroatoms. The normalized spacial score (nSPS) is 12.9. The predicted molar refractivity (Wildman–Crippen MR) is 60.1 cm³/mol. The summed E-state index contributed by atoms with van der Waals surface area (Å²) < 4.78 is 5.29. The first-order chi connectivity index (χ1) is 6.70. The van der Waals surface area contributed by atoms with E-state index in [0.717, 1.165) is 11.3 Å². The Morgan fingerprint density at radius 1 is 1.36 bits per heavy atom. The maximum atomic E-state index is 5.93. The van der Waals surface area contributed by atoms with Gasteiger partial charge in [-0.15, -0.1) is 11.6 Å². The summed E-state index contributed by atoms with van der Waals surface area (Å²) in [6.07, 6.45) is 0. The van der Waals surface area contributed by atoms with Crippen LogP contribution in [0.2, 0.25) is 0 Å². The number of rotatable bonds is 4. The van der Waals surface area contributed by atoms with Gasteiger partial charge in [-0.3, -0.25) is 0 Å². The molecular formula is C11H16ClNO. The first-order valence-corrected chi connectivity index (χ1v) is 5.09. The average Bonchev–Trinajstić information content (AvgIpc) is 2.19. The molecule has 0 aromatic heterocycles. The Morgan fingerprint density at radius 2 is 2.00 bits per heavy atom. The lowest BCUT2D eigenvalue weighted by Crippen LogP contribution is -2.21. The van der Waals surface area contributed by atoms with Gasteiger partial charge >= 0.3 is 0 Å². The minimum atomic E-state index is 0.202. The van der Waals surface area contributed by atoms with E-state index in [1.807, 2.05) is 38.4 Å². The maximum Gasteiger partial charge on any atom is 0.123 e. The molecule has 78 valence electrons. The molecule has 14 heavy (non-hydrogen) atoms. The summed E-state index contributed by atoms with van der Waals surface area (Å²) in [7, 11) is 5.71. The van der Waals surface area contributed by atoms with Crippen LogP contribution < -0.4 is 4.74 Å². The monoisotopic (exact) mass is 213 g/mol. The van der Waals surface area contributed by atoms with Crippen molar-refractivity contribution in [3.63, 3.8) is 0 Å². The Balaban J connectivity index is 3.02. The molecule has 1 aromatic rings. The third-order valence-corrected chi connectivity index (χ3v) is 2.56. The number of halogens is 1. The molecule has 0 amide bonds. The molecule has 1 atom stereocenters. The Hall–Kier alpha value is -0.730. The molecule has 0 aliphatic rings. The van der Waals surface area contributed by atoms with E-state index in [0.29, 0.717) is 5.88 Å². The first kappa shape index (κ1) is 11.3. The van der Waals surface area contributed by atoms with Crippen LogP contribution >= 0.6 is 11.6 Å². The minimum absolute atomic E-state index is 0.202. The highest BCUT2D eigenvalue weighted by Crippen LogP contribution is 2.28. The van der Waals surface area contributed by atoms with Crippen LogP contribution in [0.4, 0.5) is 0 Å². The average molecular weight is 214 g/mol. The van der Waals surface area contributed by atoms with Gasteiger partial charge in [-0.1, -0.05) is 18.2 Å². The molecule has 0 radical (unpaired) electrons. The van der Waals surface area contributed by atoms with Gasteiger partial charge < -0.3 is 9.64 Å². The fourth-order valence-corrected chi connectivity index (χ4v) is 1.88. The van der Waals surface area contributed by atoms with Crippen LogP contribution in [0.3, 0.4) is 0 Å². The molecule has 0 aliphatic heterocycles. The lowest BCUT2D eigenvalue weighted by Gasteiger charge is -2.23. The largest absolute Gasteiger partial charge is 0.496 e. The van der Waals surface area contributed by atoms with Gasteiger partial charge in [0.25, 0.3) is 0 Å². The van der Waals surface area contributed by atoms with Gasteiger partial charge in [-0.2, -0.15) is 0 Å². The van der Waals surface area contributed by atoms with Gasteiger partial charge in [0, 0.05) is 11.4 Å². The summed E-state index contributed by atoms with van der Waals surface area (Å²) >= 11 is 5.93. The second kappa shape index (κ2) is 5.23. The second-order valence-corrected chi connectivity index (χ2v) is 3.68. The fourth-order valence-electron chi connectivity index (χ4n) is 1.44. The Bertz CT molecular complexity index is 288. The number of nitrogens with zero attached hydrogens (tertiary/aromatic N) is 1. The molecule has 0 N–H and O–H groups in total. The molecule has 0 saturated carbocycles. The summed E-state index contributed by atoms with van der Waals surface area (Å²) in [6, 6.07) is 8.17. The Morgan fingerprint density at radius 3 is 2.50 bits per heavy atom. The van der Waals surface area contributed by atoms with E-state index in [2.05, 4.69) is 4.90 Å². The molecular weight excluding hydrogens is 198 g/mol. The summed E-state index contributed by atoms with van der Waals surface area (Å²) in [5.41, 5.74) is 1.13. The number of hydrogen-bond donors (Lipinski definition) is 0. The highest BCUT2D eigenvalue weighted by molar-refractivity contribution is 6.18. The van der Waals surface area contributed by atoms with Crippen molar-refractivity contribution in [2.45, 2.75) is 6.04 Å². The van der Waals surface area contributed by atoms with E-state index in [9.17, 15) is 0 Å². The van der Waals surface area contributed by atoms with Crippen LogP contribution in [0, 0.1) is 0 Å². The van der Waals surface area contributed by atoms with Crippen LogP contribution in [0.5, 0.6) is 5.75 Å². The van der Waals surface area contributed by atoms with Gasteiger partial charge in [0.1, 0.15) is 5.75 Å². The van der Waals surface area contributed by atoms with Crippen LogP contribution in [0.1, 0.15) is 11.6 Å². The van der Waals surface area contributed by atoms with E-state index >= 15 is 0 Å². The third kappa shape index (κ3) is 2.40. The van der Waals surface area contributed by atoms with Crippen LogP contribution in [-0.4, -0.2) is 32.0 Å². The van der Waals surface area contributed by atoms with Gasteiger partial charge in [-0.25, -0.2) is 0 Å².